The molecule has 0 atom stereocenters. The average Bonchev–Trinajstić information content (AvgIpc) is 3.01. The summed E-state index contributed by atoms with van der Waals surface area (Å²) in [5.41, 5.74) is 7.54. The van der Waals surface area contributed by atoms with Crippen LogP contribution in [0.5, 0.6) is 0 Å². The number of rotatable bonds is 3. The first-order valence-corrected chi connectivity index (χ1v) is 8.36. The topological polar surface area (TPSA) is 69.2 Å². The average molecular weight is 366 g/mol. The van der Waals surface area contributed by atoms with Gasteiger partial charge in [0.15, 0.2) is 5.13 Å². The number of benzene rings is 1. The van der Waals surface area contributed by atoms with Gasteiger partial charge in [0.1, 0.15) is 5.84 Å². The first-order chi connectivity index (χ1) is 10.2. The minimum absolute atomic E-state index is 0.0971. The molecule has 1 aromatic carbocycles. The number of piperazine rings is 1. The van der Waals surface area contributed by atoms with Crippen LogP contribution in [0.4, 0.5) is 10.8 Å². The first-order valence-electron chi connectivity index (χ1n) is 6.69. The van der Waals surface area contributed by atoms with E-state index < -0.39 is 0 Å². The van der Waals surface area contributed by atoms with Gasteiger partial charge in [-0.2, -0.15) is 0 Å². The number of nitrogen functional groups attached to an aromatic ring is 1. The summed E-state index contributed by atoms with van der Waals surface area (Å²) >= 11 is 5.16. The van der Waals surface area contributed by atoms with Crippen LogP contribution in [-0.4, -0.2) is 37.0 Å². The monoisotopic (exact) mass is 365 g/mol. The number of nitrogens with one attached hydrogen (secondary N) is 1. The summed E-state index contributed by atoms with van der Waals surface area (Å²) in [5, 5.41) is 10.9. The van der Waals surface area contributed by atoms with Gasteiger partial charge in [0.2, 0.25) is 0 Å². The third-order valence-corrected chi connectivity index (χ3v) is 5.06. The summed E-state index contributed by atoms with van der Waals surface area (Å²) in [6.45, 7) is 3.65. The molecule has 0 bridgehead atoms. The van der Waals surface area contributed by atoms with Gasteiger partial charge in [-0.1, -0.05) is 6.07 Å². The number of hydrogen-bond acceptors (Lipinski definition) is 5. The summed E-state index contributed by atoms with van der Waals surface area (Å²) in [6.07, 6.45) is 1.84. The lowest BCUT2D eigenvalue weighted by Gasteiger charge is -2.36. The van der Waals surface area contributed by atoms with Crippen LogP contribution in [0.15, 0.2) is 34.2 Å². The third kappa shape index (κ3) is 2.89. The first kappa shape index (κ1) is 14.3. The van der Waals surface area contributed by atoms with Gasteiger partial charge in [-0.05, 0) is 28.1 Å². The second kappa shape index (κ2) is 6.03. The number of amidine groups is 1. The molecule has 1 fully saturated rings. The minimum atomic E-state index is 0.0971. The maximum Gasteiger partial charge on any atom is 0.185 e. The van der Waals surface area contributed by atoms with Crippen molar-refractivity contribution in [1.29, 1.82) is 5.41 Å². The molecule has 5 nitrogen and oxygen atoms in total. The Labute approximate surface area is 136 Å². The number of halogens is 1. The van der Waals surface area contributed by atoms with Crippen LogP contribution in [0.2, 0.25) is 0 Å². The summed E-state index contributed by atoms with van der Waals surface area (Å²) < 4.78 is 0.870. The molecule has 7 heteroatoms. The van der Waals surface area contributed by atoms with E-state index in [1.54, 1.807) is 11.3 Å². The van der Waals surface area contributed by atoms with Gasteiger partial charge < -0.3 is 15.5 Å². The van der Waals surface area contributed by atoms with Crippen molar-refractivity contribution in [2.24, 2.45) is 5.73 Å². The lowest BCUT2D eigenvalue weighted by molar-refractivity contribution is 0.651. The Balaban J connectivity index is 1.78. The van der Waals surface area contributed by atoms with Crippen LogP contribution in [0.25, 0.3) is 0 Å². The number of hydrogen-bond donors (Lipinski definition) is 2. The van der Waals surface area contributed by atoms with Gasteiger partial charge in [0.25, 0.3) is 0 Å². The molecule has 3 rings (SSSR count). The number of nitrogens with zero attached hydrogens (tertiary/aromatic N) is 3. The highest BCUT2D eigenvalue weighted by Crippen LogP contribution is 2.29. The Morgan fingerprint density at radius 1 is 1.24 bits per heavy atom. The molecule has 1 aliphatic rings. The molecule has 0 unspecified atom stereocenters. The highest BCUT2D eigenvalue weighted by molar-refractivity contribution is 9.10. The molecule has 1 saturated heterocycles. The minimum Gasteiger partial charge on any atom is -0.384 e. The molecule has 2 aromatic rings. The standard InChI is InChI=1S/C14H16BrN5S/c15-10-2-1-3-11(12(10)13(16)17)19-5-7-20(8-6-19)14-18-4-9-21-14/h1-4,9H,5-8H2,(H3,16,17). The molecule has 0 aliphatic carbocycles. The SMILES string of the molecule is N=C(N)c1c(Br)cccc1N1CCN(c2nccs2)CC1. The van der Waals surface area contributed by atoms with Crippen molar-refractivity contribution >= 4 is 43.9 Å². The van der Waals surface area contributed by atoms with Crippen molar-refractivity contribution in [2.75, 3.05) is 36.0 Å². The Kier molecular flexibility index (Phi) is 4.12. The van der Waals surface area contributed by atoms with Crippen LogP contribution in [-0.2, 0) is 0 Å². The molecule has 21 heavy (non-hydrogen) atoms. The number of nitrogens with two attached hydrogens (primary N) is 1. The van der Waals surface area contributed by atoms with E-state index >= 15 is 0 Å². The number of anilines is 2. The molecule has 110 valence electrons. The van der Waals surface area contributed by atoms with Crippen LogP contribution < -0.4 is 15.5 Å². The van der Waals surface area contributed by atoms with Gasteiger partial charge in [0.05, 0.1) is 5.56 Å². The molecule has 0 radical (unpaired) electrons. The van der Waals surface area contributed by atoms with E-state index in [1.807, 2.05) is 29.8 Å². The molecular formula is C14H16BrN5S. The predicted molar refractivity (Wildman–Crippen MR) is 91.7 cm³/mol. The molecule has 3 N–H and O–H groups in total. The smallest absolute Gasteiger partial charge is 0.185 e. The number of aromatic nitrogens is 1. The van der Waals surface area contributed by atoms with Crippen molar-refractivity contribution in [3.63, 3.8) is 0 Å². The number of thiazole rings is 1. The van der Waals surface area contributed by atoms with Crippen LogP contribution in [0.3, 0.4) is 0 Å². The van der Waals surface area contributed by atoms with Crippen LogP contribution in [0, 0.1) is 5.41 Å². The Morgan fingerprint density at radius 2 is 1.95 bits per heavy atom. The highest BCUT2D eigenvalue weighted by Gasteiger charge is 2.22. The van der Waals surface area contributed by atoms with Crippen LogP contribution in [0.1, 0.15) is 5.56 Å². The fourth-order valence-electron chi connectivity index (χ4n) is 2.55. The molecule has 2 heterocycles. The van der Waals surface area contributed by atoms with E-state index in [9.17, 15) is 0 Å². The molecule has 0 amide bonds. The molecular weight excluding hydrogens is 350 g/mol. The summed E-state index contributed by atoms with van der Waals surface area (Å²) in [5.74, 6) is 0.0971. The second-order valence-electron chi connectivity index (χ2n) is 4.84. The molecule has 0 spiro atoms. The van der Waals surface area contributed by atoms with Gasteiger partial charge in [-0.15, -0.1) is 11.3 Å². The van der Waals surface area contributed by atoms with Crippen molar-refractivity contribution in [2.45, 2.75) is 0 Å². The fourth-order valence-corrected chi connectivity index (χ4v) is 3.82. The molecule has 1 aliphatic heterocycles. The molecule has 1 aromatic heterocycles. The van der Waals surface area contributed by atoms with Gasteiger partial charge in [-0.25, -0.2) is 4.98 Å². The fraction of sp³-hybridized carbons (Fsp3) is 0.286. The van der Waals surface area contributed by atoms with Crippen molar-refractivity contribution in [1.82, 2.24) is 4.98 Å². The van der Waals surface area contributed by atoms with Crippen molar-refractivity contribution in [3.05, 3.63) is 39.8 Å². The van der Waals surface area contributed by atoms with E-state index in [2.05, 4.69) is 30.7 Å². The van der Waals surface area contributed by atoms with Crippen LogP contribution >= 0.6 is 27.3 Å². The quantitative estimate of drug-likeness (QED) is 0.647. The largest absolute Gasteiger partial charge is 0.384 e. The van der Waals surface area contributed by atoms with E-state index in [0.717, 1.165) is 47.0 Å². The van der Waals surface area contributed by atoms with Gasteiger partial charge in [0, 0.05) is 47.9 Å². The Morgan fingerprint density at radius 3 is 2.57 bits per heavy atom. The Hall–Kier alpha value is -1.60. The van der Waals surface area contributed by atoms with E-state index in [-0.39, 0.29) is 5.84 Å². The zero-order valence-corrected chi connectivity index (χ0v) is 13.8. The van der Waals surface area contributed by atoms with Gasteiger partial charge in [-0.3, -0.25) is 5.41 Å². The molecule has 0 saturated carbocycles. The second-order valence-corrected chi connectivity index (χ2v) is 6.56. The van der Waals surface area contributed by atoms with E-state index in [1.165, 1.54) is 0 Å². The summed E-state index contributed by atoms with van der Waals surface area (Å²) in [4.78, 5) is 8.94. The lowest BCUT2D eigenvalue weighted by Crippen LogP contribution is -2.47. The van der Waals surface area contributed by atoms with E-state index in [0.29, 0.717) is 0 Å². The third-order valence-electron chi connectivity index (χ3n) is 3.57. The van der Waals surface area contributed by atoms with Crippen molar-refractivity contribution < 1.29 is 0 Å². The predicted octanol–water partition coefficient (Wildman–Crippen LogP) is 2.52. The lowest BCUT2D eigenvalue weighted by atomic mass is 10.1. The maximum absolute atomic E-state index is 7.79. The van der Waals surface area contributed by atoms with E-state index in [4.69, 9.17) is 11.1 Å². The highest BCUT2D eigenvalue weighted by atomic mass is 79.9. The zero-order valence-electron chi connectivity index (χ0n) is 11.4. The summed E-state index contributed by atoms with van der Waals surface area (Å²) in [7, 11) is 0. The van der Waals surface area contributed by atoms with Gasteiger partial charge >= 0.3 is 0 Å². The summed E-state index contributed by atoms with van der Waals surface area (Å²) in [6, 6.07) is 5.94. The van der Waals surface area contributed by atoms with Crippen molar-refractivity contribution in [3.8, 4) is 0 Å². The maximum atomic E-state index is 7.79. The Bertz CT molecular complexity index is 635. The normalized spacial score (nSPS) is 15.3. The zero-order chi connectivity index (χ0) is 14.8.